The number of H-pyrrole nitrogens is 1. The molecule has 0 aliphatic carbocycles. The van der Waals surface area contributed by atoms with Crippen molar-refractivity contribution in [1.82, 2.24) is 20.3 Å². The molecule has 1 aliphatic rings. The third-order valence-electron chi connectivity index (χ3n) is 5.53. The first-order chi connectivity index (χ1) is 16.5. The molecule has 2 aromatic rings. The smallest absolute Gasteiger partial charge is 0.398 e. The van der Waals surface area contributed by atoms with Gasteiger partial charge in [-0.25, -0.2) is 9.97 Å². The predicted octanol–water partition coefficient (Wildman–Crippen LogP) is 2.35. The Kier molecular flexibility index (Phi) is 8.74. The minimum atomic E-state index is -4.74. The first kappa shape index (κ1) is 26.9. The van der Waals surface area contributed by atoms with Crippen LogP contribution in [0.25, 0.3) is 5.70 Å². The maximum Gasteiger partial charge on any atom is 0.417 e. The van der Waals surface area contributed by atoms with Crippen LogP contribution >= 0.6 is 24.0 Å². The summed E-state index contributed by atoms with van der Waals surface area (Å²) in [6.07, 6.45) is -0.114. The number of nitrogens with zero attached hydrogens (tertiary/aromatic N) is 3. The fourth-order valence-electron chi connectivity index (χ4n) is 3.80. The van der Waals surface area contributed by atoms with Crippen LogP contribution in [-0.4, -0.2) is 57.9 Å². The molecule has 35 heavy (non-hydrogen) atoms. The minimum absolute atomic E-state index is 0.0706. The number of carbonyl (C=O) groups excluding carboxylic acids is 1. The van der Waals surface area contributed by atoms with Gasteiger partial charge in [0, 0.05) is 49.2 Å². The van der Waals surface area contributed by atoms with E-state index in [2.05, 4.69) is 20.3 Å². The third kappa shape index (κ3) is 6.93. The van der Waals surface area contributed by atoms with Crippen molar-refractivity contribution in [3.8, 4) is 0 Å². The third-order valence-corrected chi connectivity index (χ3v) is 6.39. The number of anilines is 1. The normalized spacial score (nSPS) is 16.4. The first-order valence-electron chi connectivity index (χ1n) is 10.6. The van der Waals surface area contributed by atoms with Crippen molar-refractivity contribution in [2.75, 3.05) is 30.8 Å². The summed E-state index contributed by atoms with van der Waals surface area (Å²) < 4.78 is 41.1. The van der Waals surface area contributed by atoms with Crippen LogP contribution in [0.5, 0.6) is 0 Å². The molecule has 1 aliphatic heterocycles. The summed E-state index contributed by atoms with van der Waals surface area (Å²) in [6, 6.07) is 2.67. The number of carbonyl (C=O) groups is 1. The second kappa shape index (κ2) is 11.4. The van der Waals surface area contributed by atoms with E-state index in [-0.39, 0.29) is 23.0 Å². The zero-order valence-corrected chi connectivity index (χ0v) is 20.4. The van der Waals surface area contributed by atoms with Crippen molar-refractivity contribution in [2.45, 2.75) is 36.3 Å². The van der Waals surface area contributed by atoms with E-state index in [9.17, 15) is 23.1 Å². The Labute approximate surface area is 209 Å². The van der Waals surface area contributed by atoms with Crippen molar-refractivity contribution in [3.05, 3.63) is 45.9 Å². The van der Waals surface area contributed by atoms with E-state index in [1.807, 2.05) is 6.26 Å². The number of primary amides is 1. The number of rotatable bonds is 8. The van der Waals surface area contributed by atoms with Gasteiger partial charge in [-0.05, 0) is 31.2 Å². The molecule has 1 amide bonds. The molecule has 3 rings (SSSR count). The highest BCUT2D eigenvalue weighted by Gasteiger charge is 2.36. The second-order valence-electron chi connectivity index (χ2n) is 7.93. The summed E-state index contributed by atoms with van der Waals surface area (Å²) in [4.78, 5) is 24.1. The summed E-state index contributed by atoms with van der Waals surface area (Å²) in [5.74, 6) is -0.764. The van der Waals surface area contributed by atoms with E-state index in [1.165, 1.54) is 11.8 Å². The number of aliphatic hydroxyl groups excluding tert-OH is 1. The van der Waals surface area contributed by atoms with Crippen LogP contribution in [0, 0.1) is 4.64 Å². The number of alkyl halides is 3. The molecule has 1 unspecified atom stereocenters. The average molecular weight is 530 g/mol. The minimum Gasteiger partial charge on any atom is -0.398 e. The lowest BCUT2D eigenvalue weighted by Crippen LogP contribution is -2.44. The molecule has 190 valence electrons. The number of hydrogen-bond acceptors (Lipinski definition) is 9. The lowest BCUT2D eigenvalue weighted by Gasteiger charge is -2.34. The number of nitrogens with two attached hydrogens (primary N) is 2. The van der Waals surface area contributed by atoms with E-state index in [0.29, 0.717) is 42.9 Å². The number of pyridine rings is 1. The molecule has 1 fully saturated rings. The van der Waals surface area contributed by atoms with Crippen LogP contribution in [0.3, 0.4) is 0 Å². The van der Waals surface area contributed by atoms with Crippen molar-refractivity contribution in [3.63, 3.8) is 0 Å². The number of amides is 1. The van der Waals surface area contributed by atoms with Gasteiger partial charge in [0.2, 0.25) is 5.91 Å². The van der Waals surface area contributed by atoms with Gasteiger partial charge in [-0.1, -0.05) is 24.0 Å². The van der Waals surface area contributed by atoms with Gasteiger partial charge < -0.3 is 31.8 Å². The zero-order valence-electron chi connectivity index (χ0n) is 18.8. The fourth-order valence-corrected chi connectivity index (χ4v) is 4.49. The molecule has 9 nitrogen and oxygen atoms in total. The van der Waals surface area contributed by atoms with Gasteiger partial charge in [0.05, 0.1) is 11.3 Å². The summed E-state index contributed by atoms with van der Waals surface area (Å²) >= 11 is 6.53. The van der Waals surface area contributed by atoms with Gasteiger partial charge in [0.1, 0.15) is 16.6 Å². The number of aliphatic hydroxyl groups is 1. The molecule has 14 heteroatoms. The van der Waals surface area contributed by atoms with Gasteiger partial charge in [-0.15, -0.1) is 0 Å². The molecule has 1 atom stereocenters. The summed E-state index contributed by atoms with van der Waals surface area (Å²) in [5.41, 5.74) is 9.26. The number of nitrogens with one attached hydrogen (secondary N) is 2. The van der Waals surface area contributed by atoms with Gasteiger partial charge in [-0.3, -0.25) is 4.79 Å². The largest absolute Gasteiger partial charge is 0.417 e. The number of piperidine rings is 1. The topological polar surface area (TPSA) is 146 Å². The number of halogens is 3. The molecular weight excluding hydrogens is 503 g/mol. The Balaban J connectivity index is 1.68. The summed E-state index contributed by atoms with van der Waals surface area (Å²) in [6.45, 7) is 1.22. The Morgan fingerprint density at radius 2 is 2.11 bits per heavy atom. The van der Waals surface area contributed by atoms with Crippen LogP contribution in [0.1, 0.15) is 35.8 Å². The van der Waals surface area contributed by atoms with Gasteiger partial charge in [-0.2, -0.15) is 13.2 Å². The number of aromatic nitrogens is 3. The standard InChI is InChI=1S/C21H26F3N7O2S2/c1-35-20-27-5-2-14(29-20)15(32)10-28-11-3-6-31(7-4-11)17-8-12(21(22,23)24)18(19(34)30-17)13(25)9-16(26)33/h2,5,8-9,11,15,28,32H,3-4,6-7,10,25H2,1H3,(H2,26,33)(H,30,34)/b13-9-. The van der Waals surface area contributed by atoms with Crippen molar-refractivity contribution < 1.29 is 23.1 Å². The number of aromatic amines is 1. The monoisotopic (exact) mass is 529 g/mol. The molecule has 0 bridgehead atoms. The SMILES string of the molecule is CSc1nccc(C(O)CNC2CCN(c3cc(C(F)(F)F)c(/C(N)=C/C(N)=O)c(=S)[nH]3)CC2)n1. The van der Waals surface area contributed by atoms with Crippen LogP contribution < -0.4 is 21.7 Å². The quantitative estimate of drug-likeness (QED) is 0.150. The zero-order chi connectivity index (χ0) is 25.8. The van der Waals surface area contributed by atoms with Crippen LogP contribution in [0.15, 0.2) is 29.6 Å². The van der Waals surface area contributed by atoms with E-state index < -0.39 is 35.0 Å². The Bertz CT molecular complexity index is 1150. The maximum absolute atomic E-state index is 13.8. The molecule has 0 radical (unpaired) electrons. The van der Waals surface area contributed by atoms with Crippen LogP contribution in [-0.2, 0) is 11.0 Å². The highest BCUT2D eigenvalue weighted by Crippen LogP contribution is 2.36. The number of hydrogen-bond donors (Lipinski definition) is 5. The van der Waals surface area contributed by atoms with Crippen molar-refractivity contribution in [2.24, 2.45) is 11.5 Å². The lowest BCUT2D eigenvalue weighted by molar-refractivity contribution is -0.137. The molecule has 1 saturated heterocycles. The molecule has 0 saturated carbocycles. The maximum atomic E-state index is 13.8. The molecule has 0 spiro atoms. The predicted molar refractivity (Wildman–Crippen MR) is 130 cm³/mol. The molecule has 3 heterocycles. The molecular formula is C21H26F3N7O2S2. The highest BCUT2D eigenvalue weighted by molar-refractivity contribution is 7.98. The summed E-state index contributed by atoms with van der Waals surface area (Å²) in [7, 11) is 0. The second-order valence-corrected chi connectivity index (χ2v) is 9.11. The van der Waals surface area contributed by atoms with Crippen molar-refractivity contribution >= 4 is 41.4 Å². The Hall–Kier alpha value is -2.68. The molecule has 0 aromatic carbocycles. The van der Waals surface area contributed by atoms with E-state index in [1.54, 1.807) is 17.2 Å². The van der Waals surface area contributed by atoms with Crippen LogP contribution in [0.4, 0.5) is 19.0 Å². The van der Waals surface area contributed by atoms with E-state index in [0.717, 1.165) is 6.07 Å². The first-order valence-corrected chi connectivity index (χ1v) is 12.3. The lowest BCUT2D eigenvalue weighted by atomic mass is 10.0. The molecule has 7 N–H and O–H groups in total. The van der Waals surface area contributed by atoms with E-state index in [4.69, 9.17) is 23.7 Å². The van der Waals surface area contributed by atoms with E-state index >= 15 is 0 Å². The van der Waals surface area contributed by atoms with Gasteiger partial charge in [0.15, 0.2) is 5.16 Å². The fraction of sp³-hybridized carbons (Fsp3) is 0.429. The van der Waals surface area contributed by atoms with Gasteiger partial charge >= 0.3 is 6.18 Å². The van der Waals surface area contributed by atoms with Crippen molar-refractivity contribution in [1.29, 1.82) is 0 Å². The van der Waals surface area contributed by atoms with Crippen LogP contribution in [0.2, 0.25) is 0 Å². The molecule has 2 aromatic heterocycles. The number of thioether (sulfide) groups is 1. The Morgan fingerprint density at radius 3 is 2.71 bits per heavy atom. The summed E-state index contributed by atoms with van der Waals surface area (Å²) in [5, 5.41) is 14.3. The Morgan fingerprint density at radius 1 is 1.43 bits per heavy atom. The average Bonchev–Trinajstić information content (AvgIpc) is 2.81. The highest BCUT2D eigenvalue weighted by atomic mass is 32.2. The van der Waals surface area contributed by atoms with Gasteiger partial charge in [0.25, 0.3) is 0 Å².